The van der Waals surface area contributed by atoms with E-state index in [9.17, 15) is 0 Å². The lowest BCUT2D eigenvalue weighted by Crippen LogP contribution is -2.66. The van der Waals surface area contributed by atoms with Gasteiger partial charge in [0.25, 0.3) is 0 Å². The van der Waals surface area contributed by atoms with Crippen LogP contribution in [0.3, 0.4) is 0 Å². The second kappa shape index (κ2) is 3.18. The molecule has 5 nitrogen and oxygen atoms in total. The smallest absolute Gasteiger partial charge is 0.134 e. The highest BCUT2D eigenvalue weighted by atomic mass is 16.6. The van der Waals surface area contributed by atoms with Crippen LogP contribution >= 0.6 is 0 Å². The van der Waals surface area contributed by atoms with Gasteiger partial charge in [0.15, 0.2) is 0 Å². The molecule has 3 atom stereocenters. The molecular formula is C8H19N4O+. The Balaban J connectivity index is 1.70. The lowest BCUT2D eigenvalue weighted by molar-refractivity contribution is -0.963. The SMILES string of the molecule is N[N+](N)(N)CCC1CCC2OC2C1. The molecule has 1 saturated carbocycles. The summed E-state index contributed by atoms with van der Waals surface area (Å²) in [6.45, 7) is 0.641. The van der Waals surface area contributed by atoms with E-state index in [1.807, 2.05) is 0 Å². The van der Waals surface area contributed by atoms with Gasteiger partial charge in [0, 0.05) is 6.42 Å². The number of hydrogen-bond donors (Lipinski definition) is 3. The van der Waals surface area contributed by atoms with Gasteiger partial charge in [-0.25, -0.2) is 0 Å². The summed E-state index contributed by atoms with van der Waals surface area (Å²) in [4.78, 5) is -0.397. The minimum atomic E-state index is -0.397. The Bertz CT molecular complexity index is 191. The third-order valence-corrected chi connectivity index (χ3v) is 3.04. The van der Waals surface area contributed by atoms with Crippen LogP contribution in [0.4, 0.5) is 0 Å². The zero-order valence-electron chi connectivity index (χ0n) is 7.86. The van der Waals surface area contributed by atoms with Gasteiger partial charge in [-0.15, -0.1) is 22.3 Å². The second-order valence-corrected chi connectivity index (χ2v) is 4.40. The van der Waals surface area contributed by atoms with Crippen molar-refractivity contribution in [3.8, 4) is 0 Å². The quantitative estimate of drug-likeness (QED) is 0.238. The number of fused-ring (bicyclic) bond motifs is 1. The lowest BCUT2D eigenvalue weighted by Gasteiger charge is -2.23. The topological polar surface area (TPSA) is 90.6 Å². The van der Waals surface area contributed by atoms with Crippen LogP contribution in [-0.2, 0) is 4.74 Å². The zero-order valence-corrected chi connectivity index (χ0v) is 7.86. The molecule has 2 aliphatic rings. The predicted molar refractivity (Wildman–Crippen MR) is 48.3 cm³/mol. The molecule has 3 unspecified atom stereocenters. The Kier molecular flexibility index (Phi) is 2.29. The van der Waals surface area contributed by atoms with Crippen LogP contribution in [-0.4, -0.2) is 23.6 Å². The van der Waals surface area contributed by atoms with Crippen LogP contribution in [0.2, 0.25) is 0 Å². The van der Waals surface area contributed by atoms with Gasteiger partial charge < -0.3 is 4.74 Å². The Morgan fingerprint density at radius 2 is 1.92 bits per heavy atom. The number of hydrogen-bond acceptors (Lipinski definition) is 4. The molecule has 6 N–H and O–H groups in total. The molecule has 5 heteroatoms. The standard InChI is InChI=1S/C8H19N4O/c9-12(10,11)4-3-6-1-2-7-8(5-6)13-7/h6-8H,1-5,9-11H2/q+1. The molecule has 2 fully saturated rings. The van der Waals surface area contributed by atoms with E-state index in [-0.39, 0.29) is 0 Å². The van der Waals surface area contributed by atoms with Crippen molar-refractivity contribution in [2.45, 2.75) is 37.9 Å². The monoisotopic (exact) mass is 187 g/mol. The summed E-state index contributed by atoms with van der Waals surface area (Å²) in [7, 11) is 0. The van der Waals surface area contributed by atoms with Gasteiger partial charge >= 0.3 is 0 Å². The largest absolute Gasteiger partial charge is 0.370 e. The van der Waals surface area contributed by atoms with E-state index < -0.39 is 4.81 Å². The molecule has 1 aliphatic carbocycles. The predicted octanol–water partition coefficient (Wildman–Crippen LogP) is -0.618. The number of nitrogens with two attached hydrogens (primary N) is 3. The Morgan fingerprint density at radius 1 is 1.15 bits per heavy atom. The molecule has 0 aromatic heterocycles. The molecule has 0 radical (unpaired) electrons. The van der Waals surface area contributed by atoms with Crippen molar-refractivity contribution >= 4 is 0 Å². The van der Waals surface area contributed by atoms with Gasteiger partial charge in [0.2, 0.25) is 0 Å². The maximum absolute atomic E-state index is 5.46. The van der Waals surface area contributed by atoms with Gasteiger partial charge in [-0.3, -0.25) is 0 Å². The summed E-state index contributed by atoms with van der Waals surface area (Å²) in [6.07, 6.45) is 5.73. The van der Waals surface area contributed by atoms with Gasteiger partial charge in [-0.1, -0.05) is 0 Å². The van der Waals surface area contributed by atoms with Crippen LogP contribution in [0.25, 0.3) is 0 Å². The van der Waals surface area contributed by atoms with Crippen LogP contribution in [0.1, 0.15) is 25.7 Å². The molecule has 0 bridgehead atoms. The summed E-state index contributed by atoms with van der Waals surface area (Å²) in [6, 6.07) is 0. The fourth-order valence-electron chi connectivity index (χ4n) is 2.16. The van der Waals surface area contributed by atoms with Gasteiger partial charge in [0.05, 0.1) is 12.2 Å². The molecular weight excluding hydrogens is 168 g/mol. The molecule has 2 rings (SSSR count). The van der Waals surface area contributed by atoms with E-state index in [1.54, 1.807) is 0 Å². The zero-order chi connectivity index (χ0) is 9.47. The number of ether oxygens (including phenoxy) is 1. The highest BCUT2D eigenvalue weighted by Crippen LogP contribution is 2.40. The van der Waals surface area contributed by atoms with Crippen molar-refractivity contribution in [1.29, 1.82) is 0 Å². The van der Waals surface area contributed by atoms with Crippen molar-refractivity contribution in [2.24, 2.45) is 23.4 Å². The Hall–Kier alpha value is -0.200. The lowest BCUT2D eigenvalue weighted by atomic mass is 9.87. The molecule has 1 heterocycles. The third-order valence-electron chi connectivity index (χ3n) is 3.04. The first-order valence-electron chi connectivity index (χ1n) is 4.94. The van der Waals surface area contributed by atoms with Crippen molar-refractivity contribution in [3.63, 3.8) is 0 Å². The Labute approximate surface area is 78.3 Å². The molecule has 1 aliphatic heterocycles. The van der Waals surface area contributed by atoms with Crippen LogP contribution in [0, 0.1) is 5.92 Å². The molecule has 0 amide bonds. The van der Waals surface area contributed by atoms with E-state index >= 15 is 0 Å². The minimum absolute atomic E-state index is 0.397. The maximum Gasteiger partial charge on any atom is 0.134 e. The highest BCUT2D eigenvalue weighted by molar-refractivity contribution is 4.91. The first kappa shape index (κ1) is 9.36. The highest BCUT2D eigenvalue weighted by Gasteiger charge is 2.43. The van der Waals surface area contributed by atoms with Crippen LogP contribution in [0.15, 0.2) is 0 Å². The van der Waals surface area contributed by atoms with Gasteiger partial charge in [-0.05, 0) is 25.2 Å². The average Bonchev–Trinajstić information content (AvgIpc) is 2.76. The summed E-state index contributed by atoms with van der Waals surface area (Å²) in [5.74, 6) is 17.1. The summed E-state index contributed by atoms with van der Waals surface area (Å²) >= 11 is 0. The maximum atomic E-state index is 5.46. The van der Waals surface area contributed by atoms with Crippen molar-refractivity contribution < 1.29 is 9.55 Å². The first-order valence-corrected chi connectivity index (χ1v) is 4.94. The summed E-state index contributed by atoms with van der Waals surface area (Å²) < 4.78 is 5.44. The number of rotatable bonds is 3. The Morgan fingerprint density at radius 3 is 2.54 bits per heavy atom. The molecule has 1 saturated heterocycles. The molecule has 0 spiro atoms. The van der Waals surface area contributed by atoms with E-state index in [2.05, 4.69) is 0 Å². The van der Waals surface area contributed by atoms with Crippen LogP contribution < -0.4 is 17.5 Å². The number of quaternary nitrogens is 1. The number of nitrogens with zero attached hydrogens (tertiary/aromatic N) is 1. The van der Waals surface area contributed by atoms with Gasteiger partial charge in [0.1, 0.15) is 6.54 Å². The normalized spacial score (nSPS) is 38.5. The summed E-state index contributed by atoms with van der Waals surface area (Å²) in [5.41, 5.74) is 0. The van der Waals surface area contributed by atoms with Crippen molar-refractivity contribution in [1.82, 2.24) is 0 Å². The average molecular weight is 187 g/mol. The fraction of sp³-hybridized carbons (Fsp3) is 1.00. The van der Waals surface area contributed by atoms with E-state index in [0.717, 1.165) is 6.42 Å². The summed E-state index contributed by atoms with van der Waals surface area (Å²) in [5, 5.41) is 0. The van der Waals surface area contributed by atoms with E-state index in [4.69, 9.17) is 22.3 Å². The van der Waals surface area contributed by atoms with E-state index in [1.165, 1.54) is 19.3 Å². The third kappa shape index (κ3) is 2.62. The first-order chi connectivity index (χ1) is 6.04. The fourth-order valence-corrected chi connectivity index (χ4v) is 2.16. The van der Waals surface area contributed by atoms with Crippen molar-refractivity contribution in [2.75, 3.05) is 6.54 Å². The minimum Gasteiger partial charge on any atom is -0.370 e. The second-order valence-electron chi connectivity index (χ2n) is 4.40. The van der Waals surface area contributed by atoms with Crippen molar-refractivity contribution in [3.05, 3.63) is 0 Å². The molecule has 0 aromatic rings. The molecule has 0 aromatic carbocycles. The number of epoxide rings is 1. The molecule has 13 heavy (non-hydrogen) atoms. The molecule has 76 valence electrons. The van der Waals surface area contributed by atoms with Gasteiger partial charge in [-0.2, -0.15) is 0 Å². The van der Waals surface area contributed by atoms with E-state index in [0.29, 0.717) is 24.7 Å². The van der Waals surface area contributed by atoms with Crippen LogP contribution in [0.5, 0.6) is 0 Å².